The van der Waals surface area contributed by atoms with E-state index in [9.17, 15) is 19.2 Å². The van der Waals surface area contributed by atoms with Crippen LogP contribution < -0.4 is 5.32 Å². The molecule has 1 aromatic rings. The number of carbonyl (C=O) groups is 4. The summed E-state index contributed by atoms with van der Waals surface area (Å²) in [4.78, 5) is 48.0. The van der Waals surface area contributed by atoms with Crippen molar-refractivity contribution >= 4 is 28.9 Å². The van der Waals surface area contributed by atoms with Crippen molar-refractivity contribution in [1.82, 2.24) is 0 Å². The van der Waals surface area contributed by atoms with E-state index >= 15 is 0 Å². The third-order valence-electron chi connectivity index (χ3n) is 3.51. The summed E-state index contributed by atoms with van der Waals surface area (Å²) in [6.45, 7) is 3.26. The van der Waals surface area contributed by atoms with Gasteiger partial charge in [0.25, 0.3) is 0 Å². The zero-order valence-electron chi connectivity index (χ0n) is 12.1. The maximum absolute atomic E-state index is 12.4. The first-order valence-electron chi connectivity index (χ1n) is 6.99. The zero-order valence-corrected chi connectivity index (χ0v) is 12.1. The zero-order chi connectivity index (χ0) is 15.6. The molecule has 0 aliphatic heterocycles. The summed E-state index contributed by atoms with van der Waals surface area (Å²) < 4.78 is 0. The average molecular weight is 287 g/mol. The Morgan fingerprint density at radius 3 is 2.52 bits per heavy atom. The summed E-state index contributed by atoms with van der Waals surface area (Å²) in [5.41, 5.74) is 0.679. The Labute approximate surface area is 122 Å². The molecule has 0 radical (unpaired) electrons. The molecule has 0 spiro atoms. The summed E-state index contributed by atoms with van der Waals surface area (Å²) in [6, 6.07) is 4.67. The van der Waals surface area contributed by atoms with E-state index < -0.39 is 17.5 Å². The Hall–Kier alpha value is -2.30. The fourth-order valence-corrected chi connectivity index (χ4v) is 2.52. The summed E-state index contributed by atoms with van der Waals surface area (Å²) in [5, 5.41) is 2.54. The van der Waals surface area contributed by atoms with Crippen LogP contribution in [-0.2, 0) is 9.59 Å². The highest BCUT2D eigenvalue weighted by Crippen LogP contribution is 2.33. The molecule has 1 aliphatic rings. The molecule has 110 valence electrons. The highest BCUT2D eigenvalue weighted by molar-refractivity contribution is 6.37. The van der Waals surface area contributed by atoms with Gasteiger partial charge in [0.15, 0.2) is 17.3 Å². The van der Waals surface area contributed by atoms with E-state index in [4.69, 9.17) is 0 Å². The molecule has 5 nitrogen and oxygen atoms in total. The number of benzene rings is 1. The van der Waals surface area contributed by atoms with Crippen molar-refractivity contribution in [2.24, 2.45) is 5.92 Å². The molecule has 1 amide bonds. The third-order valence-corrected chi connectivity index (χ3v) is 3.51. The van der Waals surface area contributed by atoms with Crippen molar-refractivity contribution in [3.05, 3.63) is 29.3 Å². The van der Waals surface area contributed by atoms with Gasteiger partial charge in [0, 0.05) is 18.9 Å². The molecule has 0 saturated heterocycles. The van der Waals surface area contributed by atoms with Crippen LogP contribution in [0.4, 0.5) is 5.69 Å². The van der Waals surface area contributed by atoms with Crippen LogP contribution in [0.2, 0.25) is 0 Å². The molecule has 1 aliphatic carbocycles. The lowest BCUT2D eigenvalue weighted by atomic mass is 9.95. The molecule has 0 saturated carbocycles. The number of unbranched alkanes of at least 4 members (excludes halogenated alkanes) is 1. The summed E-state index contributed by atoms with van der Waals surface area (Å²) >= 11 is 0. The number of anilines is 1. The van der Waals surface area contributed by atoms with Gasteiger partial charge < -0.3 is 5.32 Å². The van der Waals surface area contributed by atoms with Gasteiger partial charge in [0.05, 0.1) is 11.3 Å². The molecule has 0 heterocycles. The van der Waals surface area contributed by atoms with Crippen molar-refractivity contribution in [2.75, 3.05) is 5.32 Å². The molecule has 1 unspecified atom stereocenters. The standard InChI is InChI=1S/C16H17NO4/c1-3-4-8-12(19)14-15(20)10-6-5-7-11(17-9(2)18)13(10)16(14)21/h5-7,14H,3-4,8H2,1-2H3,(H,17,18). The number of Topliss-reactive ketones (excluding diaryl/α,β-unsaturated/α-hetero) is 3. The quantitative estimate of drug-likeness (QED) is 0.843. The lowest BCUT2D eigenvalue weighted by molar-refractivity contribution is -0.120. The number of nitrogens with one attached hydrogen (secondary N) is 1. The van der Waals surface area contributed by atoms with Gasteiger partial charge in [-0.25, -0.2) is 0 Å². The molecular formula is C16H17NO4. The van der Waals surface area contributed by atoms with Gasteiger partial charge in [-0.05, 0) is 12.5 Å². The van der Waals surface area contributed by atoms with Crippen LogP contribution >= 0.6 is 0 Å². The van der Waals surface area contributed by atoms with Gasteiger partial charge in [-0.15, -0.1) is 0 Å². The van der Waals surface area contributed by atoms with E-state index in [2.05, 4.69) is 5.32 Å². The Balaban J connectivity index is 2.37. The van der Waals surface area contributed by atoms with Crippen LogP contribution in [0.25, 0.3) is 0 Å². The van der Waals surface area contributed by atoms with Crippen LogP contribution in [0.3, 0.4) is 0 Å². The highest BCUT2D eigenvalue weighted by Gasteiger charge is 2.44. The normalized spacial score (nSPS) is 16.8. The maximum atomic E-state index is 12.4. The minimum absolute atomic E-state index is 0.160. The first kappa shape index (κ1) is 15.1. The van der Waals surface area contributed by atoms with Crippen LogP contribution in [-0.4, -0.2) is 23.3 Å². The van der Waals surface area contributed by atoms with Crippen LogP contribution in [0.5, 0.6) is 0 Å². The van der Waals surface area contributed by atoms with Crippen molar-refractivity contribution < 1.29 is 19.2 Å². The molecule has 0 fully saturated rings. The minimum Gasteiger partial charge on any atom is -0.326 e. The number of amides is 1. The number of rotatable bonds is 5. The SMILES string of the molecule is CCCCC(=O)C1C(=O)c2cccc(NC(C)=O)c2C1=O. The third kappa shape index (κ3) is 2.77. The van der Waals surface area contributed by atoms with E-state index in [0.717, 1.165) is 6.42 Å². The monoisotopic (exact) mass is 287 g/mol. The highest BCUT2D eigenvalue weighted by atomic mass is 16.2. The Morgan fingerprint density at radius 2 is 1.90 bits per heavy atom. The Morgan fingerprint density at radius 1 is 1.19 bits per heavy atom. The minimum atomic E-state index is -1.23. The number of hydrogen-bond acceptors (Lipinski definition) is 4. The van der Waals surface area contributed by atoms with Crippen molar-refractivity contribution in [3.63, 3.8) is 0 Å². The summed E-state index contributed by atoms with van der Waals surface area (Å²) in [6.07, 6.45) is 1.71. The topological polar surface area (TPSA) is 80.3 Å². The lowest BCUT2D eigenvalue weighted by Crippen LogP contribution is -2.25. The molecule has 5 heteroatoms. The number of hydrogen-bond donors (Lipinski definition) is 1. The number of carbonyl (C=O) groups excluding carboxylic acids is 4. The second-order valence-electron chi connectivity index (χ2n) is 5.14. The molecule has 21 heavy (non-hydrogen) atoms. The van der Waals surface area contributed by atoms with E-state index in [1.165, 1.54) is 13.0 Å². The van der Waals surface area contributed by atoms with Gasteiger partial charge in [-0.1, -0.05) is 25.5 Å². The fourth-order valence-electron chi connectivity index (χ4n) is 2.52. The second kappa shape index (κ2) is 5.99. The lowest BCUT2D eigenvalue weighted by Gasteiger charge is -2.07. The van der Waals surface area contributed by atoms with Gasteiger partial charge in [-0.2, -0.15) is 0 Å². The second-order valence-corrected chi connectivity index (χ2v) is 5.14. The predicted molar refractivity (Wildman–Crippen MR) is 77.4 cm³/mol. The van der Waals surface area contributed by atoms with Crippen molar-refractivity contribution in [2.45, 2.75) is 33.1 Å². The first-order chi connectivity index (χ1) is 9.97. The molecule has 0 bridgehead atoms. The number of fused-ring (bicyclic) bond motifs is 1. The van der Waals surface area contributed by atoms with E-state index in [1.54, 1.807) is 12.1 Å². The molecule has 2 rings (SSSR count). The van der Waals surface area contributed by atoms with Crippen LogP contribution in [0.15, 0.2) is 18.2 Å². The van der Waals surface area contributed by atoms with E-state index in [-0.39, 0.29) is 29.2 Å². The van der Waals surface area contributed by atoms with Gasteiger partial charge in [-0.3, -0.25) is 19.2 Å². The van der Waals surface area contributed by atoms with Gasteiger partial charge >= 0.3 is 0 Å². The van der Waals surface area contributed by atoms with Gasteiger partial charge in [0.1, 0.15) is 5.92 Å². The molecule has 1 atom stereocenters. The predicted octanol–water partition coefficient (Wildman–Crippen LogP) is 2.40. The Kier molecular flexibility index (Phi) is 4.31. The fraction of sp³-hybridized carbons (Fsp3) is 0.375. The largest absolute Gasteiger partial charge is 0.326 e. The summed E-state index contributed by atoms with van der Waals surface area (Å²) in [7, 11) is 0. The first-order valence-corrected chi connectivity index (χ1v) is 6.99. The smallest absolute Gasteiger partial charge is 0.221 e. The number of ketones is 3. The van der Waals surface area contributed by atoms with Gasteiger partial charge in [0.2, 0.25) is 5.91 Å². The summed E-state index contributed by atoms with van der Waals surface area (Å²) in [5.74, 6) is -2.86. The molecular weight excluding hydrogens is 270 g/mol. The van der Waals surface area contributed by atoms with E-state index in [1.807, 2.05) is 6.92 Å². The average Bonchev–Trinajstić information content (AvgIpc) is 2.69. The van der Waals surface area contributed by atoms with Crippen molar-refractivity contribution in [3.8, 4) is 0 Å². The Bertz CT molecular complexity index is 633. The van der Waals surface area contributed by atoms with Crippen LogP contribution in [0.1, 0.15) is 53.8 Å². The molecule has 1 aromatic carbocycles. The molecule has 1 N–H and O–H groups in total. The molecule has 0 aromatic heterocycles. The van der Waals surface area contributed by atoms with E-state index in [0.29, 0.717) is 12.1 Å². The van der Waals surface area contributed by atoms with Crippen molar-refractivity contribution in [1.29, 1.82) is 0 Å². The van der Waals surface area contributed by atoms with Crippen LogP contribution in [0, 0.1) is 5.92 Å². The maximum Gasteiger partial charge on any atom is 0.221 e.